The van der Waals surface area contributed by atoms with E-state index in [1.54, 1.807) is 55.6 Å². The highest BCUT2D eigenvalue weighted by atomic mass is 16.5. The third-order valence-electron chi connectivity index (χ3n) is 5.20. The normalized spacial score (nSPS) is 18.1. The van der Waals surface area contributed by atoms with Gasteiger partial charge < -0.3 is 19.2 Å². The van der Waals surface area contributed by atoms with Crippen molar-refractivity contribution in [2.45, 2.75) is 19.5 Å². The zero-order chi connectivity index (χ0) is 21.3. The Kier molecular flexibility index (Phi) is 5.14. The molecular formula is C24H21NO5. The van der Waals surface area contributed by atoms with Gasteiger partial charge in [-0.2, -0.15) is 0 Å². The van der Waals surface area contributed by atoms with E-state index in [-0.39, 0.29) is 17.9 Å². The van der Waals surface area contributed by atoms with E-state index in [0.717, 1.165) is 5.56 Å². The van der Waals surface area contributed by atoms with Crippen LogP contribution in [0.1, 0.15) is 28.5 Å². The monoisotopic (exact) mass is 403 g/mol. The highest BCUT2D eigenvalue weighted by Gasteiger charge is 2.46. The van der Waals surface area contributed by atoms with E-state index in [1.807, 2.05) is 19.1 Å². The number of Topliss-reactive ketones (excluding diaryl/α,β-unsaturated/α-hetero) is 1. The predicted octanol–water partition coefficient (Wildman–Crippen LogP) is 4.22. The highest BCUT2D eigenvalue weighted by molar-refractivity contribution is 6.46. The van der Waals surface area contributed by atoms with Crippen LogP contribution in [0.2, 0.25) is 0 Å². The second-order valence-corrected chi connectivity index (χ2v) is 7.15. The van der Waals surface area contributed by atoms with Gasteiger partial charge in [0.1, 0.15) is 17.3 Å². The second kappa shape index (κ2) is 7.91. The number of hydrogen-bond acceptors (Lipinski definition) is 5. The molecule has 2 aromatic carbocycles. The molecule has 1 aromatic heterocycles. The average Bonchev–Trinajstić information content (AvgIpc) is 3.36. The lowest BCUT2D eigenvalue weighted by atomic mass is 9.95. The molecule has 0 saturated carbocycles. The van der Waals surface area contributed by atoms with Crippen LogP contribution in [-0.4, -0.2) is 28.8 Å². The Labute approximate surface area is 174 Å². The number of methoxy groups -OCH3 is 1. The van der Waals surface area contributed by atoms with E-state index in [0.29, 0.717) is 22.6 Å². The van der Waals surface area contributed by atoms with Crippen LogP contribution in [0, 0.1) is 6.92 Å². The van der Waals surface area contributed by atoms with Gasteiger partial charge in [-0.25, -0.2) is 0 Å². The number of carbonyl (C=O) groups excluding carboxylic acids is 2. The zero-order valence-corrected chi connectivity index (χ0v) is 16.7. The van der Waals surface area contributed by atoms with E-state index >= 15 is 0 Å². The summed E-state index contributed by atoms with van der Waals surface area (Å²) in [6, 6.07) is 17.0. The predicted molar refractivity (Wildman–Crippen MR) is 111 cm³/mol. The maximum Gasteiger partial charge on any atom is 0.296 e. The molecule has 1 amide bonds. The lowest BCUT2D eigenvalue weighted by Crippen LogP contribution is -2.29. The summed E-state index contributed by atoms with van der Waals surface area (Å²) in [5.41, 5.74) is 2.25. The Morgan fingerprint density at radius 2 is 1.77 bits per heavy atom. The molecule has 0 unspecified atom stereocenters. The van der Waals surface area contributed by atoms with Gasteiger partial charge in [0.25, 0.3) is 11.7 Å². The number of aryl methyl sites for hydroxylation is 1. The molecule has 0 bridgehead atoms. The number of furan rings is 1. The molecule has 6 nitrogen and oxygen atoms in total. The van der Waals surface area contributed by atoms with Gasteiger partial charge in [-0.3, -0.25) is 9.59 Å². The molecule has 1 fully saturated rings. The molecule has 1 atom stereocenters. The Bertz CT molecular complexity index is 1100. The van der Waals surface area contributed by atoms with Crippen LogP contribution in [0.3, 0.4) is 0 Å². The fraction of sp³-hybridized carbons (Fsp3) is 0.167. The fourth-order valence-corrected chi connectivity index (χ4v) is 3.61. The van der Waals surface area contributed by atoms with Gasteiger partial charge in [-0.05, 0) is 36.8 Å². The number of ketones is 1. The molecule has 1 N–H and O–H groups in total. The Hall–Kier alpha value is -3.80. The maximum absolute atomic E-state index is 13.0. The molecular weight excluding hydrogens is 382 g/mol. The van der Waals surface area contributed by atoms with E-state index in [9.17, 15) is 14.7 Å². The van der Waals surface area contributed by atoms with Crippen molar-refractivity contribution in [3.63, 3.8) is 0 Å². The first-order valence-electron chi connectivity index (χ1n) is 9.51. The van der Waals surface area contributed by atoms with Crippen LogP contribution >= 0.6 is 0 Å². The molecule has 2 heterocycles. The van der Waals surface area contributed by atoms with Crippen LogP contribution in [-0.2, 0) is 16.1 Å². The third kappa shape index (κ3) is 3.48. The van der Waals surface area contributed by atoms with Crippen molar-refractivity contribution in [2.24, 2.45) is 0 Å². The second-order valence-electron chi connectivity index (χ2n) is 7.15. The quantitative estimate of drug-likeness (QED) is 0.392. The third-order valence-corrected chi connectivity index (χ3v) is 5.20. The SMILES string of the molecule is COc1ccc([C@H]2C(=C(O)c3ccc(C)cc3)C(=O)C(=O)N2Cc2ccco2)cc1. The fourth-order valence-electron chi connectivity index (χ4n) is 3.61. The van der Waals surface area contributed by atoms with Crippen molar-refractivity contribution >= 4 is 17.4 Å². The summed E-state index contributed by atoms with van der Waals surface area (Å²) in [5, 5.41) is 11.0. The summed E-state index contributed by atoms with van der Waals surface area (Å²) in [7, 11) is 1.56. The zero-order valence-electron chi connectivity index (χ0n) is 16.7. The molecule has 3 aromatic rings. The molecule has 30 heavy (non-hydrogen) atoms. The smallest absolute Gasteiger partial charge is 0.296 e. The van der Waals surface area contributed by atoms with Crippen molar-refractivity contribution in [3.8, 4) is 5.75 Å². The minimum atomic E-state index is -0.748. The topological polar surface area (TPSA) is 80.0 Å². The number of ether oxygens (including phenoxy) is 1. The van der Waals surface area contributed by atoms with Crippen molar-refractivity contribution < 1.29 is 23.8 Å². The van der Waals surface area contributed by atoms with Gasteiger partial charge in [-0.15, -0.1) is 0 Å². The maximum atomic E-state index is 13.0. The molecule has 0 spiro atoms. The van der Waals surface area contributed by atoms with Crippen LogP contribution < -0.4 is 4.74 Å². The molecule has 152 valence electrons. The summed E-state index contributed by atoms with van der Waals surface area (Å²) >= 11 is 0. The standard InChI is InChI=1S/C24H21NO5/c1-15-5-7-17(8-6-15)22(26)20-21(16-9-11-18(29-2)12-10-16)25(24(28)23(20)27)14-19-4-3-13-30-19/h3-13,21,26H,14H2,1-2H3/t21-/m0/s1. The van der Waals surface area contributed by atoms with Gasteiger partial charge >= 0.3 is 0 Å². The van der Waals surface area contributed by atoms with E-state index in [1.165, 1.54) is 11.2 Å². The molecule has 0 radical (unpaired) electrons. The molecule has 6 heteroatoms. The van der Waals surface area contributed by atoms with Crippen molar-refractivity contribution in [2.75, 3.05) is 7.11 Å². The Balaban J connectivity index is 1.85. The van der Waals surface area contributed by atoms with E-state index in [4.69, 9.17) is 9.15 Å². The van der Waals surface area contributed by atoms with Crippen LogP contribution in [0.4, 0.5) is 0 Å². The van der Waals surface area contributed by atoms with Gasteiger partial charge in [0.05, 0.1) is 31.5 Å². The summed E-state index contributed by atoms with van der Waals surface area (Å²) in [6.07, 6.45) is 1.51. The minimum Gasteiger partial charge on any atom is -0.507 e. The summed E-state index contributed by atoms with van der Waals surface area (Å²) in [6.45, 7) is 2.04. The van der Waals surface area contributed by atoms with Gasteiger partial charge in [-0.1, -0.05) is 42.0 Å². The number of benzene rings is 2. The summed E-state index contributed by atoms with van der Waals surface area (Å²) in [4.78, 5) is 27.3. The largest absolute Gasteiger partial charge is 0.507 e. The number of likely N-dealkylation sites (tertiary alicyclic amines) is 1. The first-order chi connectivity index (χ1) is 14.5. The average molecular weight is 403 g/mol. The van der Waals surface area contributed by atoms with Gasteiger partial charge in [0, 0.05) is 5.56 Å². The number of hydrogen-bond donors (Lipinski definition) is 1. The number of aliphatic hydroxyl groups excluding tert-OH is 1. The number of rotatable bonds is 5. The first kappa shape index (κ1) is 19.5. The summed E-state index contributed by atoms with van der Waals surface area (Å²) < 4.78 is 10.6. The lowest BCUT2D eigenvalue weighted by Gasteiger charge is -2.24. The van der Waals surface area contributed by atoms with Crippen molar-refractivity contribution in [3.05, 3.63) is 95.0 Å². The molecule has 1 aliphatic rings. The number of carbonyl (C=O) groups is 2. The van der Waals surface area contributed by atoms with Crippen LogP contribution in [0.25, 0.3) is 5.76 Å². The van der Waals surface area contributed by atoms with Gasteiger partial charge in [0.2, 0.25) is 0 Å². The molecule has 1 saturated heterocycles. The Morgan fingerprint density at radius 3 is 2.37 bits per heavy atom. The van der Waals surface area contributed by atoms with Crippen molar-refractivity contribution in [1.29, 1.82) is 0 Å². The highest BCUT2D eigenvalue weighted by Crippen LogP contribution is 2.40. The molecule has 4 rings (SSSR count). The van der Waals surface area contributed by atoms with E-state index < -0.39 is 17.7 Å². The summed E-state index contributed by atoms with van der Waals surface area (Å²) in [5.74, 6) is -0.400. The van der Waals surface area contributed by atoms with Crippen molar-refractivity contribution in [1.82, 2.24) is 4.90 Å². The van der Waals surface area contributed by atoms with Crippen LogP contribution in [0.15, 0.2) is 76.9 Å². The number of aliphatic hydroxyl groups is 1. The molecule has 0 aliphatic carbocycles. The van der Waals surface area contributed by atoms with E-state index in [2.05, 4.69) is 0 Å². The van der Waals surface area contributed by atoms with Gasteiger partial charge in [0.15, 0.2) is 0 Å². The number of nitrogens with zero attached hydrogens (tertiary/aromatic N) is 1. The minimum absolute atomic E-state index is 0.0561. The Morgan fingerprint density at radius 1 is 1.07 bits per heavy atom. The lowest BCUT2D eigenvalue weighted by molar-refractivity contribution is -0.140. The van der Waals surface area contributed by atoms with Crippen LogP contribution in [0.5, 0.6) is 5.75 Å². The molecule has 1 aliphatic heterocycles. The first-order valence-corrected chi connectivity index (χ1v) is 9.51. The number of amides is 1.